The minimum Gasteiger partial charge on any atom is -0.458 e. The van der Waals surface area contributed by atoms with Gasteiger partial charge in [0.15, 0.2) is 17.6 Å². The highest BCUT2D eigenvalue weighted by Crippen LogP contribution is 2.42. The summed E-state index contributed by atoms with van der Waals surface area (Å²) in [7, 11) is 0. The van der Waals surface area contributed by atoms with Gasteiger partial charge in [-0.15, -0.1) is 0 Å². The zero-order valence-corrected chi connectivity index (χ0v) is 21.8. The van der Waals surface area contributed by atoms with Crippen LogP contribution < -0.4 is 20.3 Å². The number of nitrogens with one attached hydrogen (secondary N) is 1. The molecule has 0 saturated carbocycles. The highest BCUT2D eigenvalue weighted by molar-refractivity contribution is 5.91. The Balaban J connectivity index is 0.00000135. The standard InChI is InChI=1S/C28H23N3O6.C2H6/c32-26-17-8-22-25-19(12-31(22)27(33)20(17)13-35-28(26)34)18(11-29-7-6-15-4-2-1-3-5-15)16-9-23-24(37-14-36-23)10-21(16)30-25;1-2/h1-5,8-10,26,29,32H,6-7,11-14H2;1-2H3. The van der Waals surface area contributed by atoms with Gasteiger partial charge in [0.05, 0.1) is 29.0 Å². The van der Waals surface area contributed by atoms with Crippen LogP contribution in [0, 0.1) is 0 Å². The molecule has 200 valence electrons. The molecule has 9 nitrogen and oxygen atoms in total. The van der Waals surface area contributed by atoms with Gasteiger partial charge in [-0.3, -0.25) is 4.79 Å². The molecule has 2 aromatic carbocycles. The first-order chi connectivity index (χ1) is 19.1. The number of aromatic nitrogens is 2. The second-order valence-corrected chi connectivity index (χ2v) is 9.42. The summed E-state index contributed by atoms with van der Waals surface area (Å²) in [5.74, 6) is 0.543. The lowest BCUT2D eigenvalue weighted by atomic mass is 9.98. The molecule has 4 aromatic rings. The average molecular weight is 528 g/mol. The number of carbonyl (C=O) groups excluding carboxylic acids is 1. The zero-order valence-electron chi connectivity index (χ0n) is 21.8. The molecule has 3 aliphatic rings. The van der Waals surface area contributed by atoms with Gasteiger partial charge in [0.25, 0.3) is 5.56 Å². The topological polar surface area (TPSA) is 112 Å². The van der Waals surface area contributed by atoms with Crippen LogP contribution in [0.2, 0.25) is 0 Å². The molecule has 39 heavy (non-hydrogen) atoms. The van der Waals surface area contributed by atoms with Gasteiger partial charge < -0.3 is 29.2 Å². The van der Waals surface area contributed by atoms with E-state index >= 15 is 0 Å². The van der Waals surface area contributed by atoms with Gasteiger partial charge in [0, 0.05) is 29.1 Å². The Bertz CT molecular complexity index is 1650. The molecule has 2 N–H and O–H groups in total. The van der Waals surface area contributed by atoms with Crippen molar-refractivity contribution in [3.05, 3.63) is 86.7 Å². The highest BCUT2D eigenvalue weighted by atomic mass is 16.7. The fourth-order valence-corrected chi connectivity index (χ4v) is 5.39. The molecule has 0 bridgehead atoms. The molecule has 0 amide bonds. The zero-order chi connectivity index (χ0) is 27.1. The lowest BCUT2D eigenvalue weighted by Crippen LogP contribution is -2.32. The normalized spacial score (nSPS) is 16.2. The average Bonchev–Trinajstić information content (AvgIpc) is 3.58. The minimum absolute atomic E-state index is 0.147. The van der Waals surface area contributed by atoms with E-state index in [4.69, 9.17) is 19.2 Å². The monoisotopic (exact) mass is 527 g/mol. The SMILES string of the molecule is CC.O=C1OCc2c(cc3n(c2=O)Cc2c-3nc3cc4c(cc3c2CNCCc2ccccc2)OCO4)C1O. The summed E-state index contributed by atoms with van der Waals surface area (Å²) in [6.07, 6.45) is -0.601. The first-order valence-corrected chi connectivity index (χ1v) is 13.2. The molecule has 5 heterocycles. The number of aliphatic hydroxyl groups is 1. The van der Waals surface area contributed by atoms with E-state index in [0.717, 1.165) is 35.0 Å². The van der Waals surface area contributed by atoms with E-state index in [9.17, 15) is 14.7 Å². The van der Waals surface area contributed by atoms with Crippen LogP contribution in [0.5, 0.6) is 11.5 Å². The molecule has 0 saturated heterocycles. The Labute approximate surface area is 225 Å². The van der Waals surface area contributed by atoms with Crippen molar-refractivity contribution in [2.24, 2.45) is 0 Å². The smallest absolute Gasteiger partial charge is 0.340 e. The van der Waals surface area contributed by atoms with Crippen molar-refractivity contribution in [2.75, 3.05) is 13.3 Å². The van der Waals surface area contributed by atoms with Crippen molar-refractivity contribution in [1.29, 1.82) is 0 Å². The lowest BCUT2D eigenvalue weighted by molar-refractivity contribution is -0.157. The minimum atomic E-state index is -1.49. The molecule has 2 aromatic heterocycles. The number of esters is 1. The van der Waals surface area contributed by atoms with E-state index in [1.807, 2.05) is 44.2 Å². The Kier molecular flexibility index (Phi) is 6.54. The lowest BCUT2D eigenvalue weighted by Gasteiger charge is -2.21. The summed E-state index contributed by atoms with van der Waals surface area (Å²) < 4.78 is 17.9. The largest absolute Gasteiger partial charge is 0.458 e. The molecule has 3 aliphatic heterocycles. The van der Waals surface area contributed by atoms with Gasteiger partial charge in [-0.2, -0.15) is 0 Å². The van der Waals surface area contributed by atoms with Crippen molar-refractivity contribution < 1.29 is 24.1 Å². The first-order valence-electron chi connectivity index (χ1n) is 13.2. The first kappa shape index (κ1) is 25.1. The van der Waals surface area contributed by atoms with E-state index in [1.165, 1.54) is 5.56 Å². The number of ether oxygens (including phenoxy) is 3. The molecule has 0 fully saturated rings. The maximum Gasteiger partial charge on any atom is 0.340 e. The molecule has 1 unspecified atom stereocenters. The summed E-state index contributed by atoms with van der Waals surface area (Å²) in [5.41, 5.74) is 5.49. The molecule has 0 spiro atoms. The van der Waals surface area contributed by atoms with Gasteiger partial charge >= 0.3 is 5.97 Å². The van der Waals surface area contributed by atoms with E-state index in [2.05, 4.69) is 17.4 Å². The van der Waals surface area contributed by atoms with Crippen LogP contribution in [0.4, 0.5) is 0 Å². The van der Waals surface area contributed by atoms with Crippen LogP contribution in [0.25, 0.3) is 22.3 Å². The number of hydrogen-bond donors (Lipinski definition) is 2. The Morgan fingerprint density at radius 2 is 1.79 bits per heavy atom. The molecule has 7 rings (SSSR count). The van der Waals surface area contributed by atoms with Gasteiger partial charge in [-0.25, -0.2) is 9.78 Å². The third-order valence-electron chi connectivity index (χ3n) is 7.30. The summed E-state index contributed by atoms with van der Waals surface area (Å²) in [5, 5.41) is 14.9. The molecule has 0 aliphatic carbocycles. The third kappa shape index (κ3) is 4.24. The molecular formula is C30H29N3O6. The molecule has 0 radical (unpaired) electrons. The Hall–Kier alpha value is -4.21. The molecule has 9 heteroatoms. The number of hydrogen-bond acceptors (Lipinski definition) is 8. The number of nitrogens with zero attached hydrogens (tertiary/aromatic N) is 2. The van der Waals surface area contributed by atoms with Gasteiger partial charge in [-0.1, -0.05) is 44.2 Å². The number of cyclic esters (lactones) is 1. The third-order valence-corrected chi connectivity index (χ3v) is 7.30. The van der Waals surface area contributed by atoms with Crippen molar-refractivity contribution in [2.45, 2.75) is 46.1 Å². The number of pyridine rings is 2. The van der Waals surface area contributed by atoms with E-state index in [0.29, 0.717) is 41.5 Å². The quantitative estimate of drug-likeness (QED) is 0.263. The van der Waals surface area contributed by atoms with Crippen molar-refractivity contribution in [1.82, 2.24) is 14.9 Å². The van der Waals surface area contributed by atoms with Gasteiger partial charge in [-0.05, 0) is 36.2 Å². The van der Waals surface area contributed by atoms with E-state index < -0.39 is 12.1 Å². The Morgan fingerprint density at radius 1 is 1.03 bits per heavy atom. The number of rotatable bonds is 5. The maximum absolute atomic E-state index is 13.4. The number of fused-ring (bicyclic) bond motifs is 6. The van der Waals surface area contributed by atoms with Crippen molar-refractivity contribution >= 4 is 16.9 Å². The van der Waals surface area contributed by atoms with Crippen LogP contribution in [0.15, 0.2) is 53.3 Å². The number of carbonyl (C=O) groups is 1. The van der Waals surface area contributed by atoms with Crippen LogP contribution in [-0.2, 0) is 35.6 Å². The Morgan fingerprint density at radius 3 is 2.59 bits per heavy atom. The van der Waals surface area contributed by atoms with Gasteiger partial charge in [0.1, 0.15) is 6.61 Å². The molecule has 1 atom stereocenters. The van der Waals surface area contributed by atoms with Crippen LogP contribution in [0.1, 0.15) is 47.8 Å². The van der Waals surface area contributed by atoms with Crippen molar-refractivity contribution in [3.8, 4) is 22.9 Å². The van der Waals surface area contributed by atoms with Crippen LogP contribution >= 0.6 is 0 Å². The predicted molar refractivity (Wildman–Crippen MR) is 145 cm³/mol. The predicted octanol–water partition coefficient (Wildman–Crippen LogP) is 3.60. The number of benzene rings is 2. The van der Waals surface area contributed by atoms with E-state index in [1.54, 1.807) is 10.6 Å². The second kappa shape index (κ2) is 10.2. The van der Waals surface area contributed by atoms with Gasteiger partial charge in [0.2, 0.25) is 6.79 Å². The fraction of sp³-hybridized carbons (Fsp3) is 0.300. The summed E-state index contributed by atoms with van der Waals surface area (Å²) in [6, 6.07) is 15.8. The summed E-state index contributed by atoms with van der Waals surface area (Å²) in [4.78, 5) is 30.3. The highest BCUT2D eigenvalue weighted by Gasteiger charge is 2.35. The van der Waals surface area contributed by atoms with Crippen LogP contribution in [0.3, 0.4) is 0 Å². The van der Waals surface area contributed by atoms with E-state index in [-0.39, 0.29) is 24.5 Å². The summed E-state index contributed by atoms with van der Waals surface area (Å²) >= 11 is 0. The van der Waals surface area contributed by atoms with Crippen LogP contribution in [-0.4, -0.2) is 34.0 Å². The number of aliphatic hydroxyl groups excluding tert-OH is 1. The summed E-state index contributed by atoms with van der Waals surface area (Å²) in [6.45, 7) is 5.70. The van der Waals surface area contributed by atoms with Crippen molar-refractivity contribution in [3.63, 3.8) is 0 Å². The maximum atomic E-state index is 13.4. The second-order valence-electron chi connectivity index (χ2n) is 9.42. The fourth-order valence-electron chi connectivity index (χ4n) is 5.39. The molecular weight excluding hydrogens is 498 g/mol.